The predicted octanol–water partition coefficient (Wildman–Crippen LogP) is 3.77. The molecular formula is C19H18ClF3N6O. The fourth-order valence-electron chi connectivity index (χ4n) is 3.86. The summed E-state index contributed by atoms with van der Waals surface area (Å²) in [6.45, 7) is 4.48. The van der Waals surface area contributed by atoms with Gasteiger partial charge in [-0.25, -0.2) is 14.5 Å². The summed E-state index contributed by atoms with van der Waals surface area (Å²) in [4.78, 5) is 26.5. The first kappa shape index (κ1) is 20.5. The van der Waals surface area contributed by atoms with Gasteiger partial charge in [0, 0.05) is 30.9 Å². The van der Waals surface area contributed by atoms with Crippen molar-refractivity contribution in [3.8, 4) is 0 Å². The Morgan fingerprint density at radius 2 is 2.03 bits per heavy atom. The molecule has 4 rings (SSSR count). The summed E-state index contributed by atoms with van der Waals surface area (Å²) in [6.07, 6.45) is -2.07. The van der Waals surface area contributed by atoms with E-state index in [2.05, 4.69) is 27.0 Å². The van der Waals surface area contributed by atoms with E-state index in [1.165, 1.54) is 11.2 Å². The van der Waals surface area contributed by atoms with Gasteiger partial charge in [-0.05, 0) is 31.4 Å². The number of likely N-dealkylation sites (tertiary alicyclic amines) is 1. The second kappa shape index (κ2) is 7.50. The molecule has 0 bridgehead atoms. The van der Waals surface area contributed by atoms with Crippen LogP contribution in [0.15, 0.2) is 24.7 Å². The van der Waals surface area contributed by atoms with Crippen molar-refractivity contribution in [3.63, 3.8) is 0 Å². The Morgan fingerprint density at radius 3 is 2.77 bits per heavy atom. The van der Waals surface area contributed by atoms with Gasteiger partial charge in [0.25, 0.3) is 11.7 Å². The number of aryl methyl sites for hydroxylation is 1. The zero-order valence-electron chi connectivity index (χ0n) is 16.2. The topological polar surface area (TPSA) is 76.3 Å². The molecule has 0 radical (unpaired) electrons. The number of amides is 1. The third kappa shape index (κ3) is 3.71. The smallest absolute Gasteiger partial charge is 0.338 e. The third-order valence-electron chi connectivity index (χ3n) is 5.44. The van der Waals surface area contributed by atoms with Crippen LogP contribution in [0.4, 0.5) is 13.2 Å². The lowest BCUT2D eigenvalue weighted by Crippen LogP contribution is -2.43. The van der Waals surface area contributed by atoms with Crippen molar-refractivity contribution < 1.29 is 18.0 Å². The lowest BCUT2D eigenvalue weighted by molar-refractivity contribution is -0.138. The van der Waals surface area contributed by atoms with Crippen LogP contribution in [-0.4, -0.2) is 48.5 Å². The second-order valence-electron chi connectivity index (χ2n) is 7.47. The second-order valence-corrected chi connectivity index (χ2v) is 7.86. The Hall–Kier alpha value is -2.75. The van der Waals surface area contributed by atoms with Gasteiger partial charge in [-0.3, -0.25) is 4.79 Å². The maximum atomic E-state index is 13.4. The molecule has 0 saturated carbocycles. The van der Waals surface area contributed by atoms with E-state index < -0.39 is 23.2 Å². The Balaban J connectivity index is 1.70. The van der Waals surface area contributed by atoms with E-state index >= 15 is 0 Å². The van der Waals surface area contributed by atoms with Crippen molar-refractivity contribution >= 4 is 23.3 Å². The molecule has 1 aliphatic rings. The number of hydrogen-bond acceptors (Lipinski definition) is 5. The lowest BCUT2D eigenvalue weighted by Gasteiger charge is -2.37. The van der Waals surface area contributed by atoms with E-state index in [1.54, 1.807) is 4.52 Å². The lowest BCUT2D eigenvalue weighted by atomic mass is 9.84. The van der Waals surface area contributed by atoms with Crippen LogP contribution in [0.5, 0.6) is 0 Å². The maximum absolute atomic E-state index is 13.4. The highest BCUT2D eigenvalue weighted by Crippen LogP contribution is 2.36. The molecule has 0 N–H and O–H groups in total. The van der Waals surface area contributed by atoms with Crippen LogP contribution in [0.3, 0.4) is 0 Å². The Labute approximate surface area is 174 Å². The van der Waals surface area contributed by atoms with Crippen LogP contribution < -0.4 is 0 Å². The van der Waals surface area contributed by atoms with Crippen molar-refractivity contribution in [1.82, 2.24) is 29.5 Å². The van der Waals surface area contributed by atoms with Gasteiger partial charge in [-0.1, -0.05) is 18.5 Å². The SMILES string of the molecule is Cc1cc([C@@H]2CN(C(=O)c3cc(Cl)ncc3C(F)(F)F)CC[C@H]2C)n2ncnc2n1. The Kier molecular flexibility index (Phi) is 5.13. The number of aromatic nitrogens is 5. The number of piperidine rings is 1. The Morgan fingerprint density at radius 1 is 1.27 bits per heavy atom. The summed E-state index contributed by atoms with van der Waals surface area (Å²) in [5, 5.41) is 4.06. The van der Waals surface area contributed by atoms with Gasteiger partial charge in [0.15, 0.2) is 0 Å². The average Bonchev–Trinajstić information content (AvgIpc) is 3.14. The summed E-state index contributed by atoms with van der Waals surface area (Å²) in [6, 6.07) is 2.85. The van der Waals surface area contributed by atoms with E-state index in [0.29, 0.717) is 24.9 Å². The molecule has 0 unspecified atom stereocenters. The van der Waals surface area contributed by atoms with Crippen molar-refractivity contribution in [2.45, 2.75) is 32.4 Å². The molecule has 11 heteroatoms. The minimum absolute atomic E-state index is 0.139. The van der Waals surface area contributed by atoms with Crippen molar-refractivity contribution in [2.24, 2.45) is 5.92 Å². The number of halogens is 4. The molecule has 158 valence electrons. The number of alkyl halides is 3. The fourth-order valence-corrected chi connectivity index (χ4v) is 4.02. The molecule has 4 heterocycles. The largest absolute Gasteiger partial charge is 0.418 e. The third-order valence-corrected chi connectivity index (χ3v) is 5.65. The van der Waals surface area contributed by atoms with Crippen molar-refractivity contribution in [3.05, 3.63) is 52.3 Å². The normalized spacial score (nSPS) is 20.0. The first-order valence-corrected chi connectivity index (χ1v) is 9.72. The number of carbonyl (C=O) groups is 1. The van der Waals surface area contributed by atoms with Gasteiger partial charge < -0.3 is 4.90 Å². The van der Waals surface area contributed by atoms with E-state index in [0.717, 1.165) is 17.5 Å². The van der Waals surface area contributed by atoms with Crippen LogP contribution in [0.2, 0.25) is 5.15 Å². The number of nitrogens with zero attached hydrogens (tertiary/aromatic N) is 6. The maximum Gasteiger partial charge on any atom is 0.418 e. The molecule has 1 aliphatic heterocycles. The zero-order valence-corrected chi connectivity index (χ0v) is 16.9. The fraction of sp³-hybridized carbons (Fsp3) is 0.421. The molecule has 30 heavy (non-hydrogen) atoms. The van der Waals surface area contributed by atoms with E-state index in [9.17, 15) is 18.0 Å². The van der Waals surface area contributed by atoms with Gasteiger partial charge in [0.05, 0.1) is 16.8 Å². The minimum Gasteiger partial charge on any atom is -0.338 e. The van der Waals surface area contributed by atoms with Gasteiger partial charge in [-0.15, -0.1) is 0 Å². The molecule has 3 aromatic heterocycles. The van der Waals surface area contributed by atoms with Gasteiger partial charge >= 0.3 is 6.18 Å². The Bertz CT molecular complexity index is 1120. The predicted molar refractivity (Wildman–Crippen MR) is 102 cm³/mol. The summed E-state index contributed by atoms with van der Waals surface area (Å²) < 4.78 is 41.9. The monoisotopic (exact) mass is 438 g/mol. The highest BCUT2D eigenvalue weighted by atomic mass is 35.5. The van der Waals surface area contributed by atoms with E-state index in [-0.39, 0.29) is 23.5 Å². The van der Waals surface area contributed by atoms with Crippen LogP contribution in [0.25, 0.3) is 5.78 Å². The number of rotatable bonds is 2. The molecule has 2 atom stereocenters. The highest BCUT2D eigenvalue weighted by Gasteiger charge is 2.39. The van der Waals surface area contributed by atoms with E-state index in [1.807, 2.05) is 13.0 Å². The molecular weight excluding hydrogens is 421 g/mol. The van der Waals surface area contributed by atoms with Crippen LogP contribution in [-0.2, 0) is 6.18 Å². The van der Waals surface area contributed by atoms with Crippen LogP contribution in [0.1, 0.15) is 46.6 Å². The molecule has 7 nitrogen and oxygen atoms in total. The first-order chi connectivity index (χ1) is 14.1. The van der Waals surface area contributed by atoms with Gasteiger partial charge in [0.1, 0.15) is 11.5 Å². The number of fused-ring (bicyclic) bond motifs is 1. The molecule has 1 amide bonds. The van der Waals surface area contributed by atoms with Gasteiger partial charge in [-0.2, -0.15) is 23.3 Å². The molecule has 0 aliphatic carbocycles. The zero-order chi connectivity index (χ0) is 21.6. The van der Waals surface area contributed by atoms with Gasteiger partial charge in [0.2, 0.25) is 0 Å². The summed E-state index contributed by atoms with van der Waals surface area (Å²) >= 11 is 5.79. The minimum atomic E-state index is -4.71. The van der Waals surface area contributed by atoms with Crippen molar-refractivity contribution in [2.75, 3.05) is 13.1 Å². The summed E-state index contributed by atoms with van der Waals surface area (Å²) in [5.74, 6) is -0.225. The van der Waals surface area contributed by atoms with Crippen molar-refractivity contribution in [1.29, 1.82) is 0 Å². The summed E-state index contributed by atoms with van der Waals surface area (Å²) in [5.41, 5.74) is -0.0108. The quantitative estimate of drug-likeness (QED) is 0.569. The van der Waals surface area contributed by atoms with E-state index in [4.69, 9.17) is 11.6 Å². The molecule has 3 aromatic rings. The average molecular weight is 439 g/mol. The first-order valence-electron chi connectivity index (χ1n) is 9.34. The molecule has 1 fully saturated rings. The number of carbonyl (C=O) groups excluding carboxylic acids is 1. The number of hydrogen-bond donors (Lipinski definition) is 0. The van der Waals surface area contributed by atoms with Crippen LogP contribution >= 0.6 is 11.6 Å². The molecule has 0 spiro atoms. The number of pyridine rings is 1. The van der Waals surface area contributed by atoms with Crippen LogP contribution in [0, 0.1) is 12.8 Å². The summed E-state index contributed by atoms with van der Waals surface area (Å²) in [7, 11) is 0. The highest BCUT2D eigenvalue weighted by molar-refractivity contribution is 6.29. The standard InChI is InChI=1S/C19H18ClF3N6O/c1-10-3-4-28(17(30)12-6-16(20)24-7-14(12)19(21,22)23)8-13(10)15-5-11(2)27-18-25-9-26-29(15)18/h5-7,9-10,13H,3-4,8H2,1-2H3/t10-,13-/m1/s1. The molecule has 1 saturated heterocycles. The molecule has 0 aromatic carbocycles.